The van der Waals surface area contributed by atoms with E-state index in [0.29, 0.717) is 28.8 Å². The van der Waals surface area contributed by atoms with Crippen molar-refractivity contribution in [3.8, 4) is 0 Å². The van der Waals surface area contributed by atoms with E-state index in [-0.39, 0.29) is 11.6 Å². The highest BCUT2D eigenvalue weighted by atomic mass is 35.5. The summed E-state index contributed by atoms with van der Waals surface area (Å²) in [5.41, 5.74) is -0.926. The van der Waals surface area contributed by atoms with E-state index in [1.807, 2.05) is 5.32 Å². The lowest BCUT2D eigenvalue weighted by molar-refractivity contribution is -0.526. The van der Waals surface area contributed by atoms with Gasteiger partial charge in [0.1, 0.15) is 30.3 Å². The molecule has 1 fully saturated rings. The molecule has 26 heavy (non-hydrogen) atoms. The molecule has 1 amide bonds. The second-order valence-corrected chi connectivity index (χ2v) is 7.25. The zero-order chi connectivity index (χ0) is 18.9. The van der Waals surface area contributed by atoms with Gasteiger partial charge in [-0.1, -0.05) is 11.6 Å². The summed E-state index contributed by atoms with van der Waals surface area (Å²) < 4.78 is 26.1. The van der Waals surface area contributed by atoms with Crippen molar-refractivity contribution in [1.82, 2.24) is 10.3 Å². The van der Waals surface area contributed by atoms with Gasteiger partial charge in [0.25, 0.3) is 5.91 Å². The molecule has 0 bridgehead atoms. The van der Waals surface area contributed by atoms with Crippen LogP contribution in [0.4, 0.5) is 14.6 Å². The molecule has 5 N–H and O–H groups in total. The van der Waals surface area contributed by atoms with Crippen molar-refractivity contribution in [3.05, 3.63) is 34.6 Å². The van der Waals surface area contributed by atoms with Crippen LogP contribution in [0, 0.1) is 17.2 Å². The van der Waals surface area contributed by atoms with E-state index >= 15 is 0 Å². The number of aromatic nitrogens is 1. The first kappa shape index (κ1) is 18.9. The van der Waals surface area contributed by atoms with Gasteiger partial charge < -0.3 is 10.4 Å². The first-order valence-corrected chi connectivity index (χ1v) is 8.64. The molecule has 0 spiro atoms. The zero-order valence-electron chi connectivity index (χ0n) is 13.9. The van der Waals surface area contributed by atoms with Gasteiger partial charge in [-0.2, -0.15) is 0 Å². The number of quaternary nitrogens is 1. The van der Waals surface area contributed by atoms with Crippen LogP contribution in [0.25, 0.3) is 0 Å². The maximum Gasteiger partial charge on any atom is 0.270 e. The number of amides is 1. The van der Waals surface area contributed by atoms with Crippen molar-refractivity contribution < 1.29 is 24.0 Å². The van der Waals surface area contributed by atoms with Crippen LogP contribution in [0.3, 0.4) is 0 Å². The van der Waals surface area contributed by atoms with Crippen LogP contribution in [0.2, 0.25) is 5.02 Å². The van der Waals surface area contributed by atoms with E-state index in [0.717, 1.165) is 12.1 Å². The van der Waals surface area contributed by atoms with E-state index in [9.17, 15) is 18.7 Å². The Labute approximate surface area is 154 Å². The van der Waals surface area contributed by atoms with Gasteiger partial charge in [0.15, 0.2) is 0 Å². The summed E-state index contributed by atoms with van der Waals surface area (Å²) in [7, 11) is 0. The number of allylic oxidation sites excluding steroid dienone is 1. The summed E-state index contributed by atoms with van der Waals surface area (Å²) in [6.45, 7) is -3.39. The molecule has 0 aliphatic heterocycles. The van der Waals surface area contributed by atoms with E-state index < -0.39 is 31.4 Å². The smallest absolute Gasteiger partial charge is 0.270 e. The Hall–Kier alpha value is -1.90. The van der Waals surface area contributed by atoms with Crippen LogP contribution in [-0.2, 0) is 4.79 Å². The molecule has 1 heterocycles. The van der Waals surface area contributed by atoms with Crippen molar-refractivity contribution in [2.24, 2.45) is 11.8 Å². The number of nitrogens with zero attached hydrogens (tertiary/aromatic N) is 1. The Bertz CT molecular complexity index is 759. The average Bonchev–Trinajstić information content (AvgIpc) is 3.33. The van der Waals surface area contributed by atoms with Gasteiger partial charge in [0.2, 0.25) is 5.82 Å². The number of alkyl halides is 2. The van der Waals surface area contributed by atoms with E-state index in [1.54, 1.807) is 18.3 Å². The molecular weight excluding hydrogens is 366 g/mol. The molecule has 1 aromatic rings. The van der Waals surface area contributed by atoms with E-state index in [4.69, 9.17) is 17.0 Å². The molecular formula is C17H20ClF2N4O2+. The highest BCUT2D eigenvalue weighted by molar-refractivity contribution is 6.44. The quantitative estimate of drug-likeness (QED) is 0.502. The number of aliphatic hydroxyl groups excluding tert-OH is 1. The van der Waals surface area contributed by atoms with Crippen LogP contribution in [-0.4, -0.2) is 47.2 Å². The standard InChI is InChI=1S/C17H19ClF2N4O2/c18-10-1-2-22-13(5-10)23-15-11-3-9(11)4-12(15)14(21)16(26)24-17(6-19,7-20)8-25/h1-2,5,9,11,21,25H,3-4,6-8H2,(H,22,23)(H,24,26)/p+1. The highest BCUT2D eigenvalue weighted by Crippen LogP contribution is 2.53. The number of hydrogen-bond donors (Lipinski definition) is 4. The zero-order valence-corrected chi connectivity index (χ0v) is 14.7. The van der Waals surface area contributed by atoms with Gasteiger partial charge in [-0.15, -0.1) is 0 Å². The minimum atomic E-state index is -2.00. The molecule has 1 aromatic heterocycles. The molecule has 0 saturated heterocycles. The monoisotopic (exact) mass is 385 g/mol. The van der Waals surface area contributed by atoms with Crippen LogP contribution < -0.4 is 10.6 Å². The molecule has 6 nitrogen and oxygen atoms in total. The Kier molecular flexibility index (Phi) is 5.36. The summed E-state index contributed by atoms with van der Waals surface area (Å²) in [4.78, 5) is 16.5. The highest BCUT2D eigenvalue weighted by Gasteiger charge is 2.51. The number of carbonyl (C=O) groups is 1. The molecule has 2 atom stereocenters. The lowest BCUT2D eigenvalue weighted by Crippen LogP contribution is -2.77. The molecule has 0 radical (unpaired) electrons. The van der Waals surface area contributed by atoms with Gasteiger partial charge in [-0.25, -0.2) is 13.8 Å². The molecule has 0 aromatic carbocycles. The molecule has 1 saturated carbocycles. The molecule has 2 aliphatic carbocycles. The maximum absolute atomic E-state index is 13.1. The fraction of sp³-hybridized carbons (Fsp3) is 0.471. The van der Waals surface area contributed by atoms with Crippen molar-refractivity contribution in [1.29, 1.82) is 5.41 Å². The molecule has 9 heteroatoms. The Morgan fingerprint density at radius 2 is 2.23 bits per heavy atom. The third-order valence-electron chi connectivity index (χ3n) is 4.91. The summed E-state index contributed by atoms with van der Waals surface area (Å²) in [6, 6.07) is 3.34. The number of fused-ring (bicyclic) bond motifs is 1. The number of carbonyl (C=O) groups excluding carboxylic acids is 1. The van der Waals surface area contributed by atoms with Crippen molar-refractivity contribution >= 4 is 29.0 Å². The second-order valence-electron chi connectivity index (χ2n) is 6.82. The third-order valence-corrected chi connectivity index (χ3v) is 5.14. The summed E-state index contributed by atoms with van der Waals surface area (Å²) in [5.74, 6) is 0.385. The van der Waals surface area contributed by atoms with Crippen LogP contribution in [0.15, 0.2) is 29.6 Å². The average molecular weight is 386 g/mol. The van der Waals surface area contributed by atoms with Gasteiger partial charge >= 0.3 is 0 Å². The number of rotatable bonds is 8. The van der Waals surface area contributed by atoms with Gasteiger partial charge in [0, 0.05) is 28.8 Å². The number of nitrogens with one attached hydrogen (secondary N) is 2. The lowest BCUT2D eigenvalue weighted by Gasteiger charge is -2.27. The Morgan fingerprint density at radius 1 is 1.50 bits per heavy atom. The number of nitrogens with two attached hydrogens (primary N) is 1. The van der Waals surface area contributed by atoms with E-state index in [1.165, 1.54) is 0 Å². The molecule has 3 rings (SSSR count). The minimum Gasteiger partial charge on any atom is -0.394 e. The number of aliphatic hydroxyl groups is 1. The predicted molar refractivity (Wildman–Crippen MR) is 91.7 cm³/mol. The van der Waals surface area contributed by atoms with Crippen LogP contribution in [0.5, 0.6) is 0 Å². The fourth-order valence-corrected chi connectivity index (χ4v) is 3.39. The molecule has 140 valence electrons. The van der Waals surface area contributed by atoms with Crippen LogP contribution in [0.1, 0.15) is 12.8 Å². The van der Waals surface area contributed by atoms with Crippen molar-refractivity contribution in [2.45, 2.75) is 18.4 Å². The van der Waals surface area contributed by atoms with E-state index in [2.05, 4.69) is 10.3 Å². The SMILES string of the molecule is N=C(C(=O)NC(CO)(CF)CF)C1=C([NH2+]c2cc(Cl)ccn2)C2CC2C1. The predicted octanol–water partition coefficient (Wildman–Crippen LogP) is 1.03. The van der Waals surface area contributed by atoms with Crippen LogP contribution >= 0.6 is 11.6 Å². The van der Waals surface area contributed by atoms with Gasteiger partial charge in [-0.3, -0.25) is 15.5 Å². The first-order chi connectivity index (χ1) is 12.4. The van der Waals surface area contributed by atoms with Gasteiger partial charge in [0.05, 0.1) is 6.61 Å². The van der Waals surface area contributed by atoms with Gasteiger partial charge in [-0.05, 0) is 24.8 Å². The number of pyridine rings is 1. The van der Waals surface area contributed by atoms with Crippen molar-refractivity contribution in [2.75, 3.05) is 20.0 Å². The number of hydrogen-bond acceptors (Lipinski definition) is 4. The summed E-state index contributed by atoms with van der Waals surface area (Å²) in [5, 5.41) is 21.8. The topological polar surface area (TPSA) is 103 Å². The second kappa shape index (κ2) is 7.38. The summed E-state index contributed by atoms with van der Waals surface area (Å²) >= 11 is 5.97. The normalized spacial score (nSPS) is 21.5. The third kappa shape index (κ3) is 3.62. The summed E-state index contributed by atoms with van der Waals surface area (Å²) in [6.07, 6.45) is 3.13. The first-order valence-electron chi connectivity index (χ1n) is 8.26. The largest absolute Gasteiger partial charge is 0.394 e. The molecule has 2 unspecified atom stereocenters. The fourth-order valence-electron chi connectivity index (χ4n) is 3.22. The van der Waals surface area contributed by atoms with Crippen molar-refractivity contribution in [3.63, 3.8) is 0 Å². The lowest BCUT2D eigenvalue weighted by atomic mass is 10.0. The minimum absolute atomic E-state index is 0.267. The maximum atomic E-state index is 13.1. The molecule has 2 aliphatic rings. The Morgan fingerprint density at radius 3 is 2.85 bits per heavy atom. The number of halogens is 3. The Balaban J connectivity index is 1.80.